The summed E-state index contributed by atoms with van der Waals surface area (Å²) < 4.78 is 17.5. The van der Waals surface area contributed by atoms with Gasteiger partial charge < -0.3 is 19.1 Å². The maximum Gasteiger partial charge on any atom is 0.410 e. The molecule has 4 rings (SSSR count). The zero-order valence-corrected chi connectivity index (χ0v) is 16.6. The Balaban J connectivity index is 1.39. The lowest BCUT2D eigenvalue weighted by Crippen LogP contribution is -2.41. The molecule has 2 aliphatic heterocycles. The molecule has 0 aliphatic carbocycles. The van der Waals surface area contributed by atoms with E-state index in [1.165, 1.54) is 0 Å². The van der Waals surface area contributed by atoms with Crippen molar-refractivity contribution in [3.8, 4) is 11.8 Å². The highest BCUT2D eigenvalue weighted by Gasteiger charge is 2.47. The molecule has 2 aliphatic rings. The summed E-state index contributed by atoms with van der Waals surface area (Å²) in [5.74, 6) is 1.15. The van der Waals surface area contributed by atoms with E-state index in [1.807, 2.05) is 63.2 Å². The van der Waals surface area contributed by atoms with Crippen LogP contribution in [0.4, 0.5) is 4.79 Å². The predicted molar refractivity (Wildman–Crippen MR) is 104 cm³/mol. The van der Waals surface area contributed by atoms with E-state index >= 15 is 0 Å². The fraction of sp³-hybridized carbons (Fsp3) is 0.455. The highest BCUT2D eigenvalue weighted by atomic mass is 16.6. The van der Waals surface area contributed by atoms with E-state index < -0.39 is 11.2 Å². The number of likely N-dealkylation sites (tertiary alicyclic amines) is 1. The lowest BCUT2D eigenvalue weighted by Gasteiger charge is -2.26. The van der Waals surface area contributed by atoms with Crippen LogP contribution in [0, 0.1) is 0 Å². The van der Waals surface area contributed by atoms with Gasteiger partial charge in [-0.15, -0.1) is 0 Å². The van der Waals surface area contributed by atoms with Crippen LogP contribution in [0.1, 0.15) is 38.3 Å². The van der Waals surface area contributed by atoms with Gasteiger partial charge in [-0.05, 0) is 32.4 Å². The summed E-state index contributed by atoms with van der Waals surface area (Å²) in [6.45, 7) is 7.22. The van der Waals surface area contributed by atoms with Crippen LogP contribution in [-0.2, 0) is 17.8 Å². The van der Waals surface area contributed by atoms with Crippen molar-refractivity contribution in [2.24, 2.45) is 0 Å². The van der Waals surface area contributed by atoms with Gasteiger partial charge in [0.2, 0.25) is 11.8 Å². The Morgan fingerprint density at radius 1 is 1.21 bits per heavy atom. The third-order valence-electron chi connectivity index (χ3n) is 4.94. The molecule has 148 valence electrons. The average Bonchev–Trinajstić information content (AvgIpc) is 3.22. The minimum atomic E-state index is -0.501. The zero-order valence-electron chi connectivity index (χ0n) is 16.6. The van der Waals surface area contributed by atoms with Crippen LogP contribution in [0.5, 0.6) is 11.8 Å². The Bertz CT molecular complexity index is 863. The summed E-state index contributed by atoms with van der Waals surface area (Å²) >= 11 is 0. The average molecular weight is 382 g/mol. The van der Waals surface area contributed by atoms with E-state index in [0.717, 1.165) is 24.0 Å². The second-order valence-corrected chi connectivity index (χ2v) is 8.50. The molecule has 1 fully saturated rings. The summed E-state index contributed by atoms with van der Waals surface area (Å²) in [7, 11) is 0. The number of fused-ring (bicyclic) bond motifs is 1. The molecule has 0 saturated carbocycles. The van der Waals surface area contributed by atoms with Crippen molar-refractivity contribution in [1.82, 2.24) is 9.88 Å². The van der Waals surface area contributed by atoms with Gasteiger partial charge in [-0.3, -0.25) is 0 Å². The van der Waals surface area contributed by atoms with Gasteiger partial charge in [-0.1, -0.05) is 30.3 Å². The monoisotopic (exact) mass is 382 g/mol. The normalized spacial score (nSPS) is 20.8. The van der Waals surface area contributed by atoms with E-state index in [4.69, 9.17) is 14.2 Å². The fourth-order valence-corrected chi connectivity index (χ4v) is 3.63. The van der Waals surface area contributed by atoms with Crippen LogP contribution in [0.25, 0.3) is 0 Å². The number of rotatable bonds is 3. The number of hydrogen-bond acceptors (Lipinski definition) is 5. The van der Waals surface area contributed by atoms with Crippen LogP contribution in [-0.4, -0.2) is 40.3 Å². The van der Waals surface area contributed by atoms with Crippen LogP contribution >= 0.6 is 0 Å². The van der Waals surface area contributed by atoms with Gasteiger partial charge in [0, 0.05) is 31.0 Å². The molecular weight excluding hydrogens is 356 g/mol. The second kappa shape index (κ2) is 7.00. The van der Waals surface area contributed by atoms with Crippen molar-refractivity contribution >= 4 is 6.09 Å². The van der Waals surface area contributed by atoms with Crippen LogP contribution in [0.2, 0.25) is 0 Å². The lowest BCUT2D eigenvalue weighted by molar-refractivity contribution is 0.0228. The number of carbonyl (C=O) groups is 1. The minimum absolute atomic E-state index is 0.288. The fourth-order valence-electron chi connectivity index (χ4n) is 3.63. The van der Waals surface area contributed by atoms with Crippen LogP contribution in [0.3, 0.4) is 0 Å². The first kappa shape index (κ1) is 18.6. The van der Waals surface area contributed by atoms with Gasteiger partial charge in [-0.25, -0.2) is 4.79 Å². The summed E-state index contributed by atoms with van der Waals surface area (Å²) in [5, 5.41) is 0. The molecular formula is C22H26N2O4. The number of carbonyl (C=O) groups excluding carboxylic acids is 1. The largest absolute Gasteiger partial charge is 0.473 e. The smallest absolute Gasteiger partial charge is 0.410 e. The first-order valence-corrected chi connectivity index (χ1v) is 9.66. The molecule has 0 radical (unpaired) electrons. The van der Waals surface area contributed by atoms with Crippen molar-refractivity contribution in [2.75, 3.05) is 13.1 Å². The molecule has 1 spiro atoms. The number of ether oxygens (including phenoxy) is 3. The summed E-state index contributed by atoms with van der Waals surface area (Å²) in [6, 6.07) is 13.9. The minimum Gasteiger partial charge on any atom is -0.473 e. The summed E-state index contributed by atoms with van der Waals surface area (Å²) in [5.41, 5.74) is 1.23. The van der Waals surface area contributed by atoms with Gasteiger partial charge in [0.25, 0.3) is 0 Å². The maximum absolute atomic E-state index is 12.4. The molecule has 1 unspecified atom stereocenters. The third-order valence-corrected chi connectivity index (χ3v) is 4.94. The van der Waals surface area contributed by atoms with E-state index in [2.05, 4.69) is 4.98 Å². The van der Waals surface area contributed by atoms with Crippen molar-refractivity contribution in [3.63, 3.8) is 0 Å². The first-order valence-electron chi connectivity index (χ1n) is 9.66. The van der Waals surface area contributed by atoms with E-state index in [0.29, 0.717) is 31.5 Å². The standard InChI is InChI=1S/C22H26N2O4/c1-21(2,3)28-20(25)24-12-11-22(15-24)13-17-9-10-18(23-19(17)27-22)26-14-16-7-5-4-6-8-16/h4-10H,11-15H2,1-3H3. The van der Waals surface area contributed by atoms with Gasteiger partial charge in [-0.2, -0.15) is 4.98 Å². The highest BCUT2D eigenvalue weighted by molar-refractivity contribution is 5.68. The molecule has 1 amide bonds. The van der Waals surface area contributed by atoms with Crippen molar-refractivity contribution in [1.29, 1.82) is 0 Å². The molecule has 3 heterocycles. The Labute approximate surface area is 165 Å². The van der Waals surface area contributed by atoms with Crippen molar-refractivity contribution < 1.29 is 19.0 Å². The van der Waals surface area contributed by atoms with Crippen molar-refractivity contribution in [3.05, 3.63) is 53.6 Å². The van der Waals surface area contributed by atoms with Crippen LogP contribution in [0.15, 0.2) is 42.5 Å². The predicted octanol–water partition coefficient (Wildman–Crippen LogP) is 3.98. The van der Waals surface area contributed by atoms with E-state index in [1.54, 1.807) is 4.90 Å². The maximum atomic E-state index is 12.4. The molecule has 1 aromatic heterocycles. The molecule has 2 aromatic rings. The quantitative estimate of drug-likeness (QED) is 0.804. The topological polar surface area (TPSA) is 60.9 Å². The zero-order chi connectivity index (χ0) is 19.8. The summed E-state index contributed by atoms with van der Waals surface area (Å²) in [4.78, 5) is 18.6. The molecule has 0 bridgehead atoms. The Hall–Kier alpha value is -2.76. The van der Waals surface area contributed by atoms with E-state index in [-0.39, 0.29) is 6.09 Å². The lowest BCUT2D eigenvalue weighted by atomic mass is 9.97. The number of hydrogen-bond donors (Lipinski definition) is 0. The van der Waals surface area contributed by atoms with Crippen LogP contribution < -0.4 is 9.47 Å². The molecule has 6 heteroatoms. The number of aromatic nitrogens is 1. The Kier molecular flexibility index (Phi) is 4.65. The van der Waals surface area contributed by atoms with Gasteiger partial charge >= 0.3 is 6.09 Å². The SMILES string of the molecule is CC(C)(C)OC(=O)N1CCC2(Cc3ccc(OCc4ccccc4)nc3O2)C1. The number of amides is 1. The van der Waals surface area contributed by atoms with Crippen molar-refractivity contribution in [2.45, 2.75) is 51.4 Å². The third kappa shape index (κ3) is 4.06. The molecule has 28 heavy (non-hydrogen) atoms. The molecule has 0 N–H and O–H groups in total. The Morgan fingerprint density at radius 3 is 2.75 bits per heavy atom. The van der Waals surface area contributed by atoms with Gasteiger partial charge in [0.1, 0.15) is 17.8 Å². The summed E-state index contributed by atoms with van der Waals surface area (Å²) in [6.07, 6.45) is 1.22. The first-order chi connectivity index (χ1) is 13.3. The Morgan fingerprint density at radius 2 is 2.00 bits per heavy atom. The van der Waals surface area contributed by atoms with E-state index in [9.17, 15) is 4.79 Å². The highest BCUT2D eigenvalue weighted by Crippen LogP contribution is 2.40. The van der Waals surface area contributed by atoms with Gasteiger partial charge in [0.05, 0.1) is 6.54 Å². The molecule has 1 saturated heterocycles. The number of nitrogens with zero attached hydrogens (tertiary/aromatic N) is 2. The number of benzene rings is 1. The molecule has 1 atom stereocenters. The second-order valence-electron chi connectivity index (χ2n) is 8.50. The molecule has 6 nitrogen and oxygen atoms in total. The van der Waals surface area contributed by atoms with Gasteiger partial charge in [0.15, 0.2) is 0 Å². The number of pyridine rings is 1. The molecule has 1 aromatic carbocycles.